The quantitative estimate of drug-likeness (QED) is 0.773. The Hall–Kier alpha value is -1.50. The van der Waals surface area contributed by atoms with Crippen molar-refractivity contribution in [2.45, 2.75) is 31.6 Å². The predicted molar refractivity (Wildman–Crippen MR) is 102 cm³/mol. The van der Waals surface area contributed by atoms with Crippen molar-refractivity contribution in [1.29, 1.82) is 0 Å². The van der Waals surface area contributed by atoms with Crippen LogP contribution < -0.4 is 16.6 Å². The Labute approximate surface area is 151 Å². The Morgan fingerprint density at radius 2 is 2.21 bits per heavy atom. The standard InChI is InChI=1S/C17H21N3O2S.ClH/c1-10(18)4-6-19-16(21)11-2-3-15-13(8-11)12-5-7-23-9-14(12)17(22)20-15;/h2-3,8,10H,4-7,9,18H2,1H3,(H,19,21)(H,20,22);1H. The number of amides is 1. The number of hydrogen-bond donors (Lipinski definition) is 3. The second-order valence-corrected chi connectivity index (χ2v) is 7.10. The van der Waals surface area contributed by atoms with Crippen LogP contribution in [0.25, 0.3) is 10.9 Å². The number of fused-ring (bicyclic) bond motifs is 3. The normalized spacial score (nSPS) is 14.6. The van der Waals surface area contributed by atoms with E-state index in [4.69, 9.17) is 5.73 Å². The van der Waals surface area contributed by atoms with Crippen molar-refractivity contribution >= 4 is 41.0 Å². The van der Waals surface area contributed by atoms with Gasteiger partial charge in [-0.3, -0.25) is 9.59 Å². The molecule has 5 nitrogen and oxygen atoms in total. The third-order valence-corrected chi connectivity index (χ3v) is 5.11. The lowest BCUT2D eigenvalue weighted by Gasteiger charge is -2.17. The number of nitrogens with two attached hydrogens (primary N) is 1. The molecule has 1 amide bonds. The summed E-state index contributed by atoms with van der Waals surface area (Å²) in [6.45, 7) is 2.48. The van der Waals surface area contributed by atoms with Crippen LogP contribution in [-0.4, -0.2) is 29.2 Å². The maximum atomic E-state index is 12.3. The number of aryl methyl sites for hydroxylation is 1. The summed E-state index contributed by atoms with van der Waals surface area (Å²) in [6, 6.07) is 5.53. The van der Waals surface area contributed by atoms with Gasteiger partial charge in [-0.25, -0.2) is 0 Å². The van der Waals surface area contributed by atoms with Gasteiger partial charge in [0.05, 0.1) is 0 Å². The molecule has 0 radical (unpaired) electrons. The lowest BCUT2D eigenvalue weighted by Crippen LogP contribution is -2.29. The fraction of sp³-hybridized carbons (Fsp3) is 0.412. The predicted octanol–water partition coefficient (Wildman–Crippen LogP) is 2.21. The van der Waals surface area contributed by atoms with Gasteiger partial charge in [0.2, 0.25) is 0 Å². The molecule has 0 bridgehead atoms. The number of carbonyl (C=O) groups is 1. The van der Waals surface area contributed by atoms with E-state index in [0.29, 0.717) is 12.1 Å². The first kappa shape index (κ1) is 18.8. The molecule has 0 spiro atoms. The molecular weight excluding hydrogens is 346 g/mol. The Morgan fingerprint density at radius 1 is 1.42 bits per heavy atom. The van der Waals surface area contributed by atoms with Crippen molar-refractivity contribution in [3.8, 4) is 0 Å². The molecule has 7 heteroatoms. The second-order valence-electron chi connectivity index (χ2n) is 6.00. The highest BCUT2D eigenvalue weighted by Gasteiger charge is 2.17. The summed E-state index contributed by atoms with van der Waals surface area (Å²) < 4.78 is 0. The SMILES string of the molecule is CC(N)CCNC(=O)c1ccc2[nH]c(=O)c3c(c2c1)CCSC3.Cl. The van der Waals surface area contributed by atoms with Gasteiger partial charge in [0.25, 0.3) is 11.5 Å². The van der Waals surface area contributed by atoms with Crippen molar-refractivity contribution in [2.75, 3.05) is 12.3 Å². The highest BCUT2D eigenvalue weighted by atomic mass is 35.5. The number of rotatable bonds is 4. The van der Waals surface area contributed by atoms with Crippen LogP contribution >= 0.6 is 24.2 Å². The van der Waals surface area contributed by atoms with Crippen LogP contribution in [0.1, 0.15) is 34.8 Å². The average Bonchev–Trinajstić information content (AvgIpc) is 2.54. The maximum Gasteiger partial charge on any atom is 0.252 e. The van der Waals surface area contributed by atoms with Crippen LogP contribution in [0.15, 0.2) is 23.0 Å². The molecule has 0 saturated heterocycles. The van der Waals surface area contributed by atoms with E-state index in [1.165, 1.54) is 0 Å². The van der Waals surface area contributed by atoms with Crippen molar-refractivity contribution in [3.05, 3.63) is 45.2 Å². The summed E-state index contributed by atoms with van der Waals surface area (Å²) in [5.74, 6) is 1.65. The molecule has 1 aliphatic heterocycles. The van der Waals surface area contributed by atoms with Gasteiger partial charge in [-0.05, 0) is 49.3 Å². The maximum absolute atomic E-state index is 12.3. The number of benzene rings is 1. The zero-order chi connectivity index (χ0) is 16.4. The Kier molecular flexibility index (Phi) is 6.32. The fourth-order valence-electron chi connectivity index (χ4n) is 2.84. The number of pyridine rings is 1. The van der Waals surface area contributed by atoms with Crippen LogP contribution in [0.5, 0.6) is 0 Å². The zero-order valence-electron chi connectivity index (χ0n) is 13.6. The van der Waals surface area contributed by atoms with E-state index >= 15 is 0 Å². The average molecular weight is 368 g/mol. The van der Waals surface area contributed by atoms with Gasteiger partial charge in [0.15, 0.2) is 0 Å². The van der Waals surface area contributed by atoms with Crippen LogP contribution in [0.2, 0.25) is 0 Å². The van der Waals surface area contributed by atoms with E-state index in [2.05, 4.69) is 10.3 Å². The summed E-state index contributed by atoms with van der Waals surface area (Å²) >= 11 is 1.77. The second kappa shape index (κ2) is 8.05. The van der Waals surface area contributed by atoms with E-state index in [-0.39, 0.29) is 29.9 Å². The van der Waals surface area contributed by atoms with E-state index in [1.54, 1.807) is 17.8 Å². The summed E-state index contributed by atoms with van der Waals surface area (Å²) in [6.07, 6.45) is 1.62. The van der Waals surface area contributed by atoms with Gasteiger partial charge in [0.1, 0.15) is 0 Å². The molecule has 2 aromatic rings. The molecule has 1 aromatic heterocycles. The molecule has 1 atom stereocenters. The third-order valence-electron chi connectivity index (χ3n) is 4.12. The first-order valence-electron chi connectivity index (χ1n) is 7.85. The summed E-state index contributed by atoms with van der Waals surface area (Å²) in [5.41, 5.74) is 9.05. The minimum absolute atomic E-state index is 0. The summed E-state index contributed by atoms with van der Waals surface area (Å²) in [5, 5.41) is 3.88. The lowest BCUT2D eigenvalue weighted by atomic mass is 9.99. The summed E-state index contributed by atoms with van der Waals surface area (Å²) in [7, 11) is 0. The lowest BCUT2D eigenvalue weighted by molar-refractivity contribution is 0.0953. The highest BCUT2D eigenvalue weighted by Crippen LogP contribution is 2.28. The zero-order valence-corrected chi connectivity index (χ0v) is 15.2. The first-order valence-corrected chi connectivity index (χ1v) is 9.01. The number of hydrogen-bond acceptors (Lipinski definition) is 4. The molecule has 130 valence electrons. The molecule has 2 heterocycles. The minimum Gasteiger partial charge on any atom is -0.352 e. The van der Waals surface area contributed by atoms with E-state index in [1.807, 2.05) is 19.1 Å². The number of H-pyrrole nitrogens is 1. The molecule has 1 unspecified atom stereocenters. The molecule has 0 fully saturated rings. The monoisotopic (exact) mass is 367 g/mol. The molecule has 24 heavy (non-hydrogen) atoms. The molecule has 3 rings (SSSR count). The minimum atomic E-state index is -0.0994. The molecule has 1 aliphatic rings. The Morgan fingerprint density at radius 3 is 2.96 bits per heavy atom. The number of aromatic amines is 1. The van der Waals surface area contributed by atoms with Gasteiger partial charge in [-0.1, -0.05) is 0 Å². The van der Waals surface area contributed by atoms with E-state index in [9.17, 15) is 9.59 Å². The first-order chi connectivity index (χ1) is 11.1. The van der Waals surface area contributed by atoms with Crippen LogP contribution in [0.4, 0.5) is 0 Å². The van der Waals surface area contributed by atoms with Crippen LogP contribution in [-0.2, 0) is 12.2 Å². The molecule has 0 saturated carbocycles. The van der Waals surface area contributed by atoms with E-state index in [0.717, 1.165) is 46.4 Å². The topological polar surface area (TPSA) is 88.0 Å². The van der Waals surface area contributed by atoms with Gasteiger partial charge in [-0.2, -0.15) is 11.8 Å². The van der Waals surface area contributed by atoms with Gasteiger partial charge >= 0.3 is 0 Å². The van der Waals surface area contributed by atoms with Gasteiger partial charge < -0.3 is 16.0 Å². The van der Waals surface area contributed by atoms with Crippen LogP contribution in [0.3, 0.4) is 0 Å². The third kappa shape index (κ3) is 3.94. The van der Waals surface area contributed by atoms with Crippen molar-refractivity contribution in [2.24, 2.45) is 5.73 Å². The largest absolute Gasteiger partial charge is 0.352 e. The highest BCUT2D eigenvalue weighted by molar-refractivity contribution is 7.98. The number of aromatic nitrogens is 1. The van der Waals surface area contributed by atoms with Crippen molar-refractivity contribution in [3.63, 3.8) is 0 Å². The Bertz CT molecular complexity index is 804. The molecule has 0 aliphatic carbocycles. The number of thioether (sulfide) groups is 1. The molecule has 1 aromatic carbocycles. The van der Waals surface area contributed by atoms with E-state index < -0.39 is 0 Å². The number of carbonyl (C=O) groups excluding carboxylic acids is 1. The van der Waals surface area contributed by atoms with Gasteiger partial charge in [-0.15, -0.1) is 12.4 Å². The smallest absolute Gasteiger partial charge is 0.252 e. The van der Waals surface area contributed by atoms with Crippen LogP contribution in [0, 0.1) is 0 Å². The summed E-state index contributed by atoms with van der Waals surface area (Å²) in [4.78, 5) is 27.3. The molecule has 4 N–H and O–H groups in total. The van der Waals surface area contributed by atoms with Gasteiger partial charge in [0, 0.05) is 40.4 Å². The molecular formula is C17H22ClN3O2S. The Balaban J connectivity index is 0.00000208. The number of nitrogens with one attached hydrogen (secondary N) is 2. The van der Waals surface area contributed by atoms with Crippen molar-refractivity contribution < 1.29 is 4.79 Å². The van der Waals surface area contributed by atoms with Crippen molar-refractivity contribution in [1.82, 2.24) is 10.3 Å². The number of halogens is 1. The fourth-order valence-corrected chi connectivity index (χ4v) is 3.85.